The molecule has 34 heavy (non-hydrogen) atoms. The van der Waals surface area contributed by atoms with Crippen molar-refractivity contribution < 1.29 is 31.5 Å². The summed E-state index contributed by atoms with van der Waals surface area (Å²) in [5.41, 5.74) is 4.67. The van der Waals surface area contributed by atoms with Gasteiger partial charge in [-0.2, -0.15) is 13.2 Å². The Kier molecular flexibility index (Phi) is 5.75. The number of nitrogens with zero attached hydrogens (tertiary/aromatic N) is 4. The van der Waals surface area contributed by atoms with Crippen LogP contribution in [0.2, 0.25) is 0 Å². The van der Waals surface area contributed by atoms with Crippen molar-refractivity contribution in [2.75, 3.05) is 23.8 Å². The number of halogens is 5. The van der Waals surface area contributed by atoms with Gasteiger partial charge in [0.05, 0.1) is 46.9 Å². The maximum absolute atomic E-state index is 14.9. The smallest absolute Gasteiger partial charge is 0.419 e. The number of nitrogens with two attached hydrogens (primary N) is 1. The van der Waals surface area contributed by atoms with Crippen molar-refractivity contribution in [1.82, 2.24) is 14.4 Å². The third kappa shape index (κ3) is 3.74. The van der Waals surface area contributed by atoms with Crippen LogP contribution in [0, 0.1) is 11.6 Å². The van der Waals surface area contributed by atoms with Crippen LogP contribution in [0.15, 0.2) is 36.8 Å². The van der Waals surface area contributed by atoms with Crippen LogP contribution in [0.3, 0.4) is 0 Å². The summed E-state index contributed by atoms with van der Waals surface area (Å²) < 4.78 is 74.8. The molecule has 0 atom stereocenters. The lowest BCUT2D eigenvalue weighted by molar-refractivity contribution is -0.140. The molecule has 0 spiro atoms. The second-order valence-corrected chi connectivity index (χ2v) is 7.07. The number of anilines is 2. The van der Waals surface area contributed by atoms with Crippen molar-refractivity contribution in [3.05, 3.63) is 59.6 Å². The Balaban J connectivity index is 0.00000133. The molecule has 2 aromatic carbocycles. The normalized spacial score (nSPS) is 13.3. The second kappa shape index (κ2) is 8.43. The Morgan fingerprint density at radius 3 is 2.53 bits per heavy atom. The minimum Gasteiger partial charge on any atom is -0.490 e. The number of carbonyl (C=O) groups is 1. The van der Waals surface area contributed by atoms with E-state index in [-0.39, 0.29) is 41.5 Å². The maximum atomic E-state index is 14.9. The van der Waals surface area contributed by atoms with E-state index in [9.17, 15) is 26.7 Å². The number of amides is 1. The maximum Gasteiger partial charge on any atom is 0.419 e. The summed E-state index contributed by atoms with van der Waals surface area (Å²) in [7, 11) is 0. The zero-order valence-electron chi connectivity index (χ0n) is 18.0. The van der Waals surface area contributed by atoms with E-state index >= 15 is 0 Å². The van der Waals surface area contributed by atoms with Gasteiger partial charge in [0.1, 0.15) is 35.3 Å². The largest absolute Gasteiger partial charge is 0.490 e. The molecule has 1 amide bonds. The Morgan fingerprint density at radius 1 is 1.09 bits per heavy atom. The molecule has 0 saturated heterocycles. The zero-order chi connectivity index (χ0) is 24.8. The van der Waals surface area contributed by atoms with Crippen LogP contribution in [0.4, 0.5) is 33.5 Å². The van der Waals surface area contributed by atoms with Crippen molar-refractivity contribution in [3.8, 4) is 5.75 Å². The van der Waals surface area contributed by atoms with Gasteiger partial charge in [0.15, 0.2) is 0 Å². The van der Waals surface area contributed by atoms with Crippen molar-refractivity contribution in [2.45, 2.75) is 20.0 Å². The fourth-order valence-corrected chi connectivity index (χ4v) is 3.67. The predicted octanol–water partition coefficient (Wildman–Crippen LogP) is 4.83. The number of aromatic nitrogens is 3. The number of benzene rings is 2. The van der Waals surface area contributed by atoms with Gasteiger partial charge in [-0.25, -0.2) is 18.7 Å². The summed E-state index contributed by atoms with van der Waals surface area (Å²) in [4.78, 5) is 22.2. The van der Waals surface area contributed by atoms with E-state index in [0.717, 1.165) is 11.0 Å². The quantitative estimate of drug-likeness (QED) is 0.396. The first kappa shape index (κ1) is 23.2. The summed E-state index contributed by atoms with van der Waals surface area (Å²) in [6, 6.07) is 3.31. The highest BCUT2D eigenvalue weighted by Gasteiger charge is 2.37. The molecular formula is C22H18F5N5O2. The van der Waals surface area contributed by atoms with Gasteiger partial charge in [0, 0.05) is 12.1 Å². The number of ether oxygens (including phenoxy) is 1. The highest BCUT2D eigenvalue weighted by atomic mass is 19.4. The van der Waals surface area contributed by atoms with Gasteiger partial charge >= 0.3 is 6.18 Å². The SMILES string of the molecule is CC.Nc1nc2cc(F)c(C(=O)N3CCOc4cc(C(F)(F)F)c(F)cc43)cc2n2cncc12. The molecule has 2 N–H and O–H groups in total. The molecule has 4 aromatic rings. The molecule has 1 aliphatic rings. The molecule has 0 fully saturated rings. The van der Waals surface area contributed by atoms with Crippen molar-refractivity contribution >= 4 is 34.0 Å². The molecule has 0 bridgehead atoms. The van der Waals surface area contributed by atoms with Crippen molar-refractivity contribution in [2.24, 2.45) is 0 Å². The highest BCUT2D eigenvalue weighted by Crippen LogP contribution is 2.40. The van der Waals surface area contributed by atoms with E-state index in [2.05, 4.69) is 9.97 Å². The molecule has 2 aromatic heterocycles. The Hall–Kier alpha value is -3.96. The lowest BCUT2D eigenvalue weighted by atomic mass is 10.1. The Bertz CT molecular complexity index is 1420. The van der Waals surface area contributed by atoms with Gasteiger partial charge in [-0.15, -0.1) is 0 Å². The monoisotopic (exact) mass is 479 g/mol. The van der Waals surface area contributed by atoms with Gasteiger partial charge in [-0.05, 0) is 12.1 Å². The fourth-order valence-electron chi connectivity index (χ4n) is 3.67. The summed E-state index contributed by atoms with van der Waals surface area (Å²) in [6.45, 7) is 3.73. The number of hydrogen-bond donors (Lipinski definition) is 1. The summed E-state index contributed by atoms with van der Waals surface area (Å²) in [5.74, 6) is -3.58. The minimum absolute atomic E-state index is 0.116. The van der Waals surface area contributed by atoms with Gasteiger partial charge < -0.3 is 15.4 Å². The van der Waals surface area contributed by atoms with Crippen LogP contribution in [0.25, 0.3) is 16.6 Å². The van der Waals surface area contributed by atoms with Crippen LogP contribution in [-0.4, -0.2) is 33.4 Å². The van der Waals surface area contributed by atoms with Crippen LogP contribution in [0.1, 0.15) is 29.8 Å². The number of rotatable bonds is 1. The molecule has 12 heteroatoms. The van der Waals surface area contributed by atoms with E-state index in [1.54, 1.807) is 0 Å². The number of fused-ring (bicyclic) bond motifs is 4. The van der Waals surface area contributed by atoms with E-state index in [0.29, 0.717) is 23.2 Å². The number of imidazole rings is 1. The standard InChI is InChI=1S/C20H12F5N5O2.C2H6/c21-11-5-13-14(30-8-27-7-16(30)18(26)28-13)3-9(11)19(31)29-1-2-32-17-4-10(20(23,24)25)12(22)6-15(17)29;1-2/h3-8H,1-2H2,(H2,26,28);1-2H3. The Labute approximate surface area is 189 Å². The summed E-state index contributed by atoms with van der Waals surface area (Å²) in [5, 5.41) is 0. The molecule has 7 nitrogen and oxygen atoms in total. The predicted molar refractivity (Wildman–Crippen MR) is 115 cm³/mol. The van der Waals surface area contributed by atoms with Gasteiger partial charge in [0.2, 0.25) is 0 Å². The molecule has 0 unspecified atom stereocenters. The molecule has 0 saturated carbocycles. The van der Waals surface area contributed by atoms with Crippen LogP contribution in [0.5, 0.6) is 5.75 Å². The third-order valence-electron chi connectivity index (χ3n) is 5.16. The average Bonchev–Trinajstić information content (AvgIpc) is 3.29. The lowest BCUT2D eigenvalue weighted by Gasteiger charge is -2.30. The van der Waals surface area contributed by atoms with E-state index in [4.69, 9.17) is 10.5 Å². The fraction of sp³-hybridized carbons (Fsp3) is 0.227. The van der Waals surface area contributed by atoms with Crippen LogP contribution >= 0.6 is 0 Å². The molecule has 5 rings (SSSR count). The third-order valence-corrected chi connectivity index (χ3v) is 5.16. The summed E-state index contributed by atoms with van der Waals surface area (Å²) in [6.07, 6.45) is -2.07. The highest BCUT2D eigenvalue weighted by molar-refractivity contribution is 6.09. The Morgan fingerprint density at radius 2 is 1.82 bits per heavy atom. The van der Waals surface area contributed by atoms with Gasteiger partial charge in [0.25, 0.3) is 5.91 Å². The number of hydrogen-bond acceptors (Lipinski definition) is 5. The molecule has 0 aliphatic carbocycles. The van der Waals surface area contributed by atoms with Gasteiger partial charge in [-0.1, -0.05) is 13.8 Å². The number of nitrogen functional groups attached to an aromatic ring is 1. The van der Waals surface area contributed by atoms with Gasteiger partial charge in [-0.3, -0.25) is 9.20 Å². The lowest BCUT2D eigenvalue weighted by Crippen LogP contribution is -2.38. The first-order valence-electron chi connectivity index (χ1n) is 10.2. The first-order chi connectivity index (χ1) is 16.1. The first-order valence-corrected chi connectivity index (χ1v) is 10.2. The van der Waals surface area contributed by atoms with E-state index in [1.165, 1.54) is 23.0 Å². The average molecular weight is 479 g/mol. The van der Waals surface area contributed by atoms with Crippen molar-refractivity contribution in [3.63, 3.8) is 0 Å². The molecular weight excluding hydrogens is 461 g/mol. The van der Waals surface area contributed by atoms with E-state index < -0.39 is 29.3 Å². The topological polar surface area (TPSA) is 85.8 Å². The van der Waals surface area contributed by atoms with Crippen molar-refractivity contribution in [1.29, 1.82) is 0 Å². The minimum atomic E-state index is -4.94. The summed E-state index contributed by atoms with van der Waals surface area (Å²) >= 11 is 0. The molecule has 3 heterocycles. The zero-order valence-corrected chi connectivity index (χ0v) is 18.0. The van der Waals surface area contributed by atoms with Crippen LogP contribution < -0.4 is 15.4 Å². The molecule has 1 aliphatic heterocycles. The number of alkyl halides is 3. The van der Waals surface area contributed by atoms with Crippen LogP contribution in [-0.2, 0) is 6.18 Å². The number of carbonyl (C=O) groups excluding carboxylic acids is 1. The van der Waals surface area contributed by atoms with E-state index in [1.807, 2.05) is 13.8 Å². The second-order valence-electron chi connectivity index (χ2n) is 7.07. The molecule has 0 radical (unpaired) electrons. The molecule has 178 valence electrons.